The molecule has 2 nitrogen and oxygen atoms in total. The first kappa shape index (κ1) is 8.25. The van der Waals surface area contributed by atoms with Gasteiger partial charge in [-0.25, -0.2) is 0 Å². The Morgan fingerprint density at radius 2 is 2.38 bits per heavy atom. The van der Waals surface area contributed by atoms with Gasteiger partial charge in [0.1, 0.15) is 0 Å². The molecular weight excluding hydrogens is 160 g/mol. The van der Waals surface area contributed by atoms with Gasteiger partial charge in [-0.15, -0.1) is 0 Å². The van der Waals surface area contributed by atoms with Crippen LogP contribution in [0.25, 0.3) is 0 Å². The molecule has 1 aliphatic rings. The normalized spacial score (nSPS) is 17.8. The molecule has 0 bridgehead atoms. The van der Waals surface area contributed by atoms with Gasteiger partial charge in [-0.3, -0.25) is 4.98 Å². The Morgan fingerprint density at radius 3 is 2.92 bits per heavy atom. The van der Waals surface area contributed by atoms with E-state index in [0.717, 1.165) is 25.0 Å². The van der Waals surface area contributed by atoms with E-state index in [1.807, 2.05) is 12.3 Å². The number of pyridine rings is 1. The molecule has 0 spiro atoms. The molecule has 1 aromatic heterocycles. The van der Waals surface area contributed by atoms with Crippen LogP contribution in [0.3, 0.4) is 0 Å². The zero-order valence-electron chi connectivity index (χ0n) is 7.75. The molecule has 1 saturated carbocycles. The Kier molecular flexibility index (Phi) is 1.81. The van der Waals surface area contributed by atoms with Gasteiger partial charge in [0.15, 0.2) is 0 Å². The fraction of sp³-hybridized carbons (Fsp3) is 0.455. The van der Waals surface area contributed by atoms with Crippen LogP contribution in [0.15, 0.2) is 18.3 Å². The SMILES string of the molecule is CCc1ccnc(C2(C#N)CC2)c1. The van der Waals surface area contributed by atoms with E-state index in [0.29, 0.717) is 0 Å². The van der Waals surface area contributed by atoms with Crippen LogP contribution in [0.4, 0.5) is 0 Å². The molecule has 0 aromatic carbocycles. The highest BCUT2D eigenvalue weighted by molar-refractivity contribution is 5.35. The highest BCUT2D eigenvalue weighted by Crippen LogP contribution is 2.46. The maximum Gasteiger partial charge on any atom is 0.0994 e. The highest BCUT2D eigenvalue weighted by atomic mass is 14.7. The van der Waals surface area contributed by atoms with Crippen molar-refractivity contribution in [1.82, 2.24) is 4.98 Å². The minimum atomic E-state index is -0.231. The average molecular weight is 172 g/mol. The van der Waals surface area contributed by atoms with Crippen LogP contribution < -0.4 is 0 Å². The minimum absolute atomic E-state index is 0.231. The van der Waals surface area contributed by atoms with Gasteiger partial charge < -0.3 is 0 Å². The molecule has 1 aliphatic carbocycles. The molecule has 1 heterocycles. The number of nitriles is 1. The molecule has 0 aliphatic heterocycles. The summed E-state index contributed by atoms with van der Waals surface area (Å²) in [5, 5.41) is 8.98. The zero-order valence-corrected chi connectivity index (χ0v) is 7.75. The van der Waals surface area contributed by atoms with Crippen molar-refractivity contribution in [2.45, 2.75) is 31.6 Å². The Hall–Kier alpha value is -1.36. The third-order valence-corrected chi connectivity index (χ3v) is 2.69. The van der Waals surface area contributed by atoms with Crippen LogP contribution in [0, 0.1) is 11.3 Å². The van der Waals surface area contributed by atoms with Gasteiger partial charge in [-0.2, -0.15) is 5.26 Å². The monoisotopic (exact) mass is 172 g/mol. The van der Waals surface area contributed by atoms with E-state index < -0.39 is 0 Å². The van der Waals surface area contributed by atoms with Gasteiger partial charge in [0, 0.05) is 6.20 Å². The smallest absolute Gasteiger partial charge is 0.0994 e. The number of aromatic nitrogens is 1. The van der Waals surface area contributed by atoms with E-state index >= 15 is 0 Å². The topological polar surface area (TPSA) is 36.7 Å². The fourth-order valence-corrected chi connectivity index (χ4v) is 1.51. The van der Waals surface area contributed by atoms with E-state index in [-0.39, 0.29) is 5.41 Å². The highest BCUT2D eigenvalue weighted by Gasteiger charge is 2.46. The molecule has 2 rings (SSSR count). The fourth-order valence-electron chi connectivity index (χ4n) is 1.51. The van der Waals surface area contributed by atoms with E-state index in [2.05, 4.69) is 24.0 Å². The second-order valence-corrected chi connectivity index (χ2v) is 3.60. The first-order valence-corrected chi connectivity index (χ1v) is 4.67. The number of rotatable bonds is 2. The van der Waals surface area contributed by atoms with Crippen LogP contribution in [-0.4, -0.2) is 4.98 Å². The molecule has 66 valence electrons. The van der Waals surface area contributed by atoms with Gasteiger partial charge in [-0.1, -0.05) is 6.92 Å². The minimum Gasteiger partial charge on any atom is -0.260 e. The molecule has 2 heteroatoms. The van der Waals surface area contributed by atoms with Crippen molar-refractivity contribution in [2.24, 2.45) is 0 Å². The first-order chi connectivity index (χ1) is 6.30. The van der Waals surface area contributed by atoms with Crippen molar-refractivity contribution in [3.8, 4) is 6.07 Å². The summed E-state index contributed by atoms with van der Waals surface area (Å²) in [6, 6.07) is 6.43. The summed E-state index contributed by atoms with van der Waals surface area (Å²) in [4.78, 5) is 4.27. The van der Waals surface area contributed by atoms with Crippen molar-refractivity contribution in [1.29, 1.82) is 5.26 Å². The summed E-state index contributed by atoms with van der Waals surface area (Å²) in [6.07, 6.45) is 4.77. The van der Waals surface area contributed by atoms with Crippen molar-refractivity contribution in [2.75, 3.05) is 0 Å². The lowest BCUT2D eigenvalue weighted by molar-refractivity contribution is 0.847. The van der Waals surface area contributed by atoms with Crippen LogP contribution in [0.5, 0.6) is 0 Å². The Morgan fingerprint density at radius 1 is 1.62 bits per heavy atom. The summed E-state index contributed by atoms with van der Waals surface area (Å²) < 4.78 is 0. The largest absolute Gasteiger partial charge is 0.260 e. The number of aryl methyl sites for hydroxylation is 1. The standard InChI is InChI=1S/C11H12N2/c1-2-9-3-6-13-10(7-9)11(8-12)4-5-11/h3,6-7H,2,4-5H2,1H3. The summed E-state index contributed by atoms with van der Waals surface area (Å²) in [5.41, 5.74) is 2.01. The predicted octanol–water partition coefficient (Wildman–Crippen LogP) is 2.20. The van der Waals surface area contributed by atoms with Gasteiger partial charge >= 0.3 is 0 Å². The number of hydrogen-bond acceptors (Lipinski definition) is 2. The lowest BCUT2D eigenvalue weighted by Gasteiger charge is -2.05. The Labute approximate surface area is 78.2 Å². The second kappa shape index (κ2) is 2.85. The van der Waals surface area contributed by atoms with Crippen molar-refractivity contribution >= 4 is 0 Å². The van der Waals surface area contributed by atoms with Crippen LogP contribution in [-0.2, 0) is 11.8 Å². The van der Waals surface area contributed by atoms with Crippen molar-refractivity contribution in [3.63, 3.8) is 0 Å². The van der Waals surface area contributed by atoms with E-state index in [1.54, 1.807) is 0 Å². The average Bonchev–Trinajstić information content (AvgIpc) is 2.99. The van der Waals surface area contributed by atoms with Gasteiger partial charge in [0.05, 0.1) is 17.2 Å². The molecule has 13 heavy (non-hydrogen) atoms. The lowest BCUT2D eigenvalue weighted by atomic mass is 10.0. The summed E-state index contributed by atoms with van der Waals surface area (Å²) in [7, 11) is 0. The molecule has 0 unspecified atom stereocenters. The van der Waals surface area contributed by atoms with Crippen molar-refractivity contribution < 1.29 is 0 Å². The lowest BCUT2D eigenvalue weighted by Crippen LogP contribution is -2.05. The quantitative estimate of drug-likeness (QED) is 0.685. The molecule has 0 radical (unpaired) electrons. The van der Waals surface area contributed by atoms with Gasteiger partial charge in [0.25, 0.3) is 0 Å². The van der Waals surface area contributed by atoms with Crippen LogP contribution >= 0.6 is 0 Å². The van der Waals surface area contributed by atoms with E-state index in [4.69, 9.17) is 5.26 Å². The summed E-state index contributed by atoms with van der Waals surface area (Å²) in [6.45, 7) is 2.12. The zero-order chi connectivity index (χ0) is 9.31. The molecule has 0 amide bonds. The molecule has 0 N–H and O–H groups in total. The number of hydrogen-bond donors (Lipinski definition) is 0. The van der Waals surface area contributed by atoms with E-state index in [1.165, 1.54) is 5.56 Å². The van der Waals surface area contributed by atoms with Crippen LogP contribution in [0.2, 0.25) is 0 Å². The Bertz CT molecular complexity index is 359. The third-order valence-electron chi connectivity index (χ3n) is 2.69. The van der Waals surface area contributed by atoms with Gasteiger partial charge in [0.2, 0.25) is 0 Å². The summed E-state index contributed by atoms with van der Waals surface area (Å²) in [5.74, 6) is 0. The summed E-state index contributed by atoms with van der Waals surface area (Å²) >= 11 is 0. The maximum absolute atomic E-state index is 8.98. The maximum atomic E-state index is 8.98. The van der Waals surface area contributed by atoms with Gasteiger partial charge in [-0.05, 0) is 37.0 Å². The molecular formula is C11H12N2. The molecule has 1 fully saturated rings. The number of nitrogens with zero attached hydrogens (tertiary/aromatic N) is 2. The van der Waals surface area contributed by atoms with Crippen LogP contribution in [0.1, 0.15) is 31.0 Å². The first-order valence-electron chi connectivity index (χ1n) is 4.67. The molecule has 0 atom stereocenters. The second-order valence-electron chi connectivity index (χ2n) is 3.60. The van der Waals surface area contributed by atoms with Crippen molar-refractivity contribution in [3.05, 3.63) is 29.6 Å². The Balaban J connectivity index is 2.37. The predicted molar refractivity (Wildman–Crippen MR) is 50.1 cm³/mol. The molecule has 0 saturated heterocycles. The van der Waals surface area contributed by atoms with E-state index in [9.17, 15) is 0 Å². The molecule has 1 aromatic rings. The third kappa shape index (κ3) is 1.31.